The van der Waals surface area contributed by atoms with Crippen molar-refractivity contribution in [3.63, 3.8) is 0 Å². The molecule has 68 valence electrons. The van der Waals surface area contributed by atoms with E-state index in [1.54, 1.807) is 11.8 Å². The quantitative estimate of drug-likeness (QED) is 0.685. The van der Waals surface area contributed by atoms with E-state index in [4.69, 9.17) is 5.26 Å². The topological polar surface area (TPSA) is 23.8 Å². The fourth-order valence-electron chi connectivity index (χ4n) is 1.29. The van der Waals surface area contributed by atoms with Gasteiger partial charge in [0.25, 0.3) is 0 Å². The first-order chi connectivity index (χ1) is 6.31. The molecule has 1 nitrogen and oxygen atoms in total. The van der Waals surface area contributed by atoms with E-state index < -0.39 is 0 Å². The van der Waals surface area contributed by atoms with Crippen LogP contribution in [-0.2, 0) is 6.42 Å². The van der Waals surface area contributed by atoms with Crippen LogP contribution >= 0.6 is 11.8 Å². The van der Waals surface area contributed by atoms with Crippen LogP contribution in [-0.4, -0.2) is 6.26 Å². The van der Waals surface area contributed by atoms with Crippen molar-refractivity contribution in [1.82, 2.24) is 0 Å². The van der Waals surface area contributed by atoms with Crippen LogP contribution in [0.1, 0.15) is 24.5 Å². The van der Waals surface area contributed by atoms with Crippen molar-refractivity contribution < 1.29 is 0 Å². The van der Waals surface area contributed by atoms with Crippen LogP contribution < -0.4 is 0 Å². The minimum absolute atomic E-state index is 0.804. The lowest BCUT2D eigenvalue weighted by atomic mass is 10.1. The third kappa shape index (κ3) is 2.50. The molecule has 1 aromatic carbocycles. The molecule has 0 saturated heterocycles. The molecule has 0 spiro atoms. The second kappa shape index (κ2) is 4.94. The SMILES string of the molecule is CCCc1ccc(SC)c(C#N)c1. The predicted molar refractivity (Wildman–Crippen MR) is 56.9 cm³/mol. The molecule has 0 aliphatic heterocycles. The van der Waals surface area contributed by atoms with E-state index >= 15 is 0 Å². The molecule has 0 radical (unpaired) electrons. The van der Waals surface area contributed by atoms with Gasteiger partial charge in [0.2, 0.25) is 0 Å². The Hall–Kier alpha value is -0.940. The number of rotatable bonds is 3. The van der Waals surface area contributed by atoms with Crippen LogP contribution in [0.2, 0.25) is 0 Å². The van der Waals surface area contributed by atoms with Crippen LogP contribution in [0.4, 0.5) is 0 Å². The van der Waals surface area contributed by atoms with Gasteiger partial charge in [-0.15, -0.1) is 11.8 Å². The molecule has 0 bridgehead atoms. The van der Waals surface area contributed by atoms with Crippen LogP contribution in [0.25, 0.3) is 0 Å². The van der Waals surface area contributed by atoms with Gasteiger partial charge in [-0.05, 0) is 30.4 Å². The van der Waals surface area contributed by atoms with E-state index in [0.717, 1.165) is 23.3 Å². The molecule has 0 saturated carbocycles. The lowest BCUT2D eigenvalue weighted by Gasteiger charge is -2.02. The Bertz CT molecular complexity index is 325. The summed E-state index contributed by atoms with van der Waals surface area (Å²) in [6.07, 6.45) is 4.18. The number of nitriles is 1. The van der Waals surface area contributed by atoms with E-state index in [0.29, 0.717) is 0 Å². The van der Waals surface area contributed by atoms with Gasteiger partial charge in [-0.3, -0.25) is 0 Å². The molecular weight excluding hydrogens is 178 g/mol. The molecule has 0 atom stereocenters. The highest BCUT2D eigenvalue weighted by Gasteiger charge is 2.01. The standard InChI is InChI=1S/C11H13NS/c1-3-4-9-5-6-11(13-2)10(7-9)8-12/h5-7H,3-4H2,1-2H3. The number of nitrogens with zero attached hydrogens (tertiary/aromatic N) is 1. The summed E-state index contributed by atoms with van der Waals surface area (Å²) in [5.41, 5.74) is 2.07. The van der Waals surface area contributed by atoms with Crippen molar-refractivity contribution >= 4 is 11.8 Å². The van der Waals surface area contributed by atoms with Crippen molar-refractivity contribution in [2.45, 2.75) is 24.7 Å². The Morgan fingerprint density at radius 2 is 2.23 bits per heavy atom. The van der Waals surface area contributed by atoms with Crippen LogP contribution in [0.5, 0.6) is 0 Å². The van der Waals surface area contributed by atoms with Crippen molar-refractivity contribution in [1.29, 1.82) is 5.26 Å². The molecule has 0 aromatic heterocycles. The molecular formula is C11H13NS. The number of aryl methyl sites for hydroxylation is 1. The van der Waals surface area contributed by atoms with E-state index in [1.165, 1.54) is 5.56 Å². The maximum Gasteiger partial charge on any atom is 0.100 e. The van der Waals surface area contributed by atoms with Crippen molar-refractivity contribution in [3.8, 4) is 6.07 Å². The molecule has 1 aromatic rings. The summed E-state index contributed by atoms with van der Waals surface area (Å²) in [5, 5.41) is 8.88. The van der Waals surface area contributed by atoms with Gasteiger partial charge in [0.05, 0.1) is 5.56 Å². The summed E-state index contributed by atoms with van der Waals surface area (Å²) >= 11 is 1.62. The van der Waals surface area contributed by atoms with Gasteiger partial charge < -0.3 is 0 Å². The van der Waals surface area contributed by atoms with E-state index in [-0.39, 0.29) is 0 Å². The van der Waals surface area contributed by atoms with Crippen molar-refractivity contribution in [2.75, 3.05) is 6.26 Å². The van der Waals surface area contributed by atoms with Gasteiger partial charge in [0.15, 0.2) is 0 Å². The Labute approximate surface area is 83.8 Å². The third-order valence-electron chi connectivity index (χ3n) is 1.92. The first-order valence-electron chi connectivity index (χ1n) is 4.38. The molecule has 13 heavy (non-hydrogen) atoms. The van der Waals surface area contributed by atoms with Gasteiger partial charge in [-0.2, -0.15) is 5.26 Å². The maximum atomic E-state index is 8.88. The van der Waals surface area contributed by atoms with Gasteiger partial charge >= 0.3 is 0 Å². The minimum atomic E-state index is 0.804. The smallest absolute Gasteiger partial charge is 0.100 e. The fourth-order valence-corrected chi connectivity index (χ4v) is 1.82. The summed E-state index contributed by atoms with van der Waals surface area (Å²) in [6, 6.07) is 8.36. The summed E-state index contributed by atoms with van der Waals surface area (Å²) in [6.45, 7) is 2.15. The van der Waals surface area contributed by atoms with Gasteiger partial charge in [-0.25, -0.2) is 0 Å². The molecule has 0 amide bonds. The molecule has 0 fully saturated rings. The van der Waals surface area contributed by atoms with Gasteiger partial charge in [0.1, 0.15) is 6.07 Å². The zero-order valence-corrected chi connectivity index (χ0v) is 8.82. The summed E-state index contributed by atoms with van der Waals surface area (Å²) in [4.78, 5) is 1.07. The van der Waals surface area contributed by atoms with Crippen LogP contribution in [0, 0.1) is 11.3 Å². The molecule has 0 aliphatic rings. The third-order valence-corrected chi connectivity index (χ3v) is 2.72. The van der Waals surface area contributed by atoms with E-state index in [9.17, 15) is 0 Å². The van der Waals surface area contributed by atoms with Crippen molar-refractivity contribution in [2.24, 2.45) is 0 Å². The summed E-state index contributed by atoms with van der Waals surface area (Å²) in [7, 11) is 0. The Morgan fingerprint density at radius 3 is 2.77 bits per heavy atom. The lowest BCUT2D eigenvalue weighted by molar-refractivity contribution is 0.919. The number of hydrogen-bond donors (Lipinski definition) is 0. The number of hydrogen-bond acceptors (Lipinski definition) is 2. The monoisotopic (exact) mass is 191 g/mol. The Balaban J connectivity index is 3.00. The molecule has 0 aliphatic carbocycles. The number of benzene rings is 1. The Kier molecular flexibility index (Phi) is 3.85. The van der Waals surface area contributed by atoms with Crippen molar-refractivity contribution in [3.05, 3.63) is 29.3 Å². The van der Waals surface area contributed by atoms with Gasteiger partial charge in [-0.1, -0.05) is 19.4 Å². The first-order valence-corrected chi connectivity index (χ1v) is 5.61. The number of thioether (sulfide) groups is 1. The average molecular weight is 191 g/mol. The lowest BCUT2D eigenvalue weighted by Crippen LogP contribution is -1.87. The highest BCUT2D eigenvalue weighted by molar-refractivity contribution is 7.98. The molecule has 0 N–H and O–H groups in total. The highest BCUT2D eigenvalue weighted by atomic mass is 32.2. The van der Waals surface area contributed by atoms with Gasteiger partial charge in [0, 0.05) is 4.90 Å². The molecule has 1 rings (SSSR count). The zero-order chi connectivity index (χ0) is 9.68. The minimum Gasteiger partial charge on any atom is -0.192 e. The normalized spacial score (nSPS) is 9.62. The largest absolute Gasteiger partial charge is 0.192 e. The second-order valence-electron chi connectivity index (χ2n) is 2.90. The summed E-state index contributed by atoms with van der Waals surface area (Å²) < 4.78 is 0. The molecule has 0 heterocycles. The fraction of sp³-hybridized carbons (Fsp3) is 0.364. The zero-order valence-electron chi connectivity index (χ0n) is 8.00. The highest BCUT2D eigenvalue weighted by Crippen LogP contribution is 2.21. The first kappa shape index (κ1) is 10.1. The van der Waals surface area contributed by atoms with Crippen LogP contribution in [0.3, 0.4) is 0 Å². The average Bonchev–Trinajstić information content (AvgIpc) is 2.18. The molecule has 0 unspecified atom stereocenters. The Morgan fingerprint density at radius 1 is 1.46 bits per heavy atom. The van der Waals surface area contributed by atoms with E-state index in [2.05, 4.69) is 19.1 Å². The predicted octanol–water partition coefficient (Wildman–Crippen LogP) is 3.23. The summed E-state index contributed by atoms with van der Waals surface area (Å²) in [5.74, 6) is 0. The van der Waals surface area contributed by atoms with E-state index in [1.807, 2.05) is 18.4 Å². The second-order valence-corrected chi connectivity index (χ2v) is 3.74. The maximum absolute atomic E-state index is 8.88. The molecule has 2 heteroatoms. The van der Waals surface area contributed by atoms with Crippen LogP contribution in [0.15, 0.2) is 23.1 Å².